The highest BCUT2D eigenvalue weighted by molar-refractivity contribution is 6.37. The zero-order chi connectivity index (χ0) is 10.0. The van der Waals surface area contributed by atoms with Crippen molar-refractivity contribution >= 4 is 29.1 Å². The third kappa shape index (κ3) is 2.03. The van der Waals surface area contributed by atoms with Gasteiger partial charge in [0.25, 0.3) is 5.91 Å². The van der Waals surface area contributed by atoms with Gasteiger partial charge in [0.1, 0.15) is 0 Å². The maximum atomic E-state index is 11.0. The second-order valence-corrected chi connectivity index (χ2v) is 3.08. The summed E-state index contributed by atoms with van der Waals surface area (Å²) in [6.07, 6.45) is 0. The number of rotatable bonds is 1. The van der Waals surface area contributed by atoms with E-state index in [0.29, 0.717) is 0 Å². The summed E-state index contributed by atoms with van der Waals surface area (Å²) in [5, 5.41) is 9.17. The van der Waals surface area contributed by atoms with E-state index in [9.17, 15) is 4.79 Å². The number of hydrogen-bond acceptors (Lipinski definition) is 3. The minimum atomic E-state index is -0.524. The van der Waals surface area contributed by atoms with E-state index < -0.39 is 5.91 Å². The molecule has 0 fully saturated rings. The summed E-state index contributed by atoms with van der Waals surface area (Å²) in [5.41, 5.74) is 2.11. The summed E-state index contributed by atoms with van der Waals surface area (Å²) in [4.78, 5) is 11.0. The van der Waals surface area contributed by atoms with E-state index in [1.807, 2.05) is 5.43 Å². The first kappa shape index (κ1) is 10.1. The summed E-state index contributed by atoms with van der Waals surface area (Å²) in [6.45, 7) is 0. The Hall–Kier alpha value is -0.970. The number of hydrazine groups is 1. The van der Waals surface area contributed by atoms with Crippen LogP contribution in [-0.2, 0) is 0 Å². The zero-order valence-electron chi connectivity index (χ0n) is 6.34. The molecule has 1 amide bonds. The molecule has 0 spiro atoms. The number of hydrogen-bond donors (Lipinski definition) is 3. The third-order valence-corrected chi connectivity index (χ3v) is 1.99. The van der Waals surface area contributed by atoms with Gasteiger partial charge in [-0.05, 0) is 12.1 Å². The summed E-state index contributed by atoms with van der Waals surface area (Å²) >= 11 is 11.1. The summed E-state index contributed by atoms with van der Waals surface area (Å²) in [6, 6.07) is 2.54. The molecule has 0 heterocycles. The van der Waals surface area contributed by atoms with Crippen molar-refractivity contribution in [2.75, 3.05) is 0 Å². The Morgan fingerprint density at radius 2 is 1.85 bits per heavy atom. The number of aromatic hydroxyl groups is 1. The van der Waals surface area contributed by atoms with Gasteiger partial charge in [-0.15, -0.1) is 0 Å². The van der Waals surface area contributed by atoms with Crippen LogP contribution in [-0.4, -0.2) is 11.0 Å². The minimum absolute atomic E-state index is 0.00565. The first-order valence-corrected chi connectivity index (χ1v) is 4.01. The Bertz CT molecular complexity index is 331. The quantitative estimate of drug-likeness (QED) is 0.380. The standard InChI is InChI=1S/C7H6Cl2N2O2/c8-4-1-3(7(13)11-10)2-5(9)6(4)12/h1-2,12H,10H2,(H,11,13). The lowest BCUT2D eigenvalue weighted by atomic mass is 10.2. The van der Waals surface area contributed by atoms with Crippen LogP contribution in [0.25, 0.3) is 0 Å². The maximum Gasteiger partial charge on any atom is 0.265 e. The van der Waals surface area contributed by atoms with Crippen molar-refractivity contribution in [1.82, 2.24) is 5.43 Å². The molecule has 13 heavy (non-hydrogen) atoms. The van der Waals surface area contributed by atoms with Crippen LogP contribution in [0.1, 0.15) is 10.4 Å². The van der Waals surface area contributed by atoms with E-state index in [1.54, 1.807) is 0 Å². The second-order valence-electron chi connectivity index (χ2n) is 2.26. The molecule has 0 aliphatic heterocycles. The van der Waals surface area contributed by atoms with Gasteiger partial charge in [-0.1, -0.05) is 23.2 Å². The fourth-order valence-electron chi connectivity index (χ4n) is 0.780. The highest BCUT2D eigenvalue weighted by Gasteiger charge is 2.10. The summed E-state index contributed by atoms with van der Waals surface area (Å²) < 4.78 is 0. The zero-order valence-corrected chi connectivity index (χ0v) is 7.86. The highest BCUT2D eigenvalue weighted by Crippen LogP contribution is 2.32. The lowest BCUT2D eigenvalue weighted by Crippen LogP contribution is -2.29. The van der Waals surface area contributed by atoms with Gasteiger partial charge in [0.2, 0.25) is 0 Å². The fraction of sp³-hybridized carbons (Fsp3) is 0. The number of nitrogen functional groups attached to an aromatic ring is 1. The number of nitrogens with two attached hydrogens (primary N) is 1. The van der Waals surface area contributed by atoms with E-state index in [1.165, 1.54) is 12.1 Å². The molecule has 0 unspecified atom stereocenters. The van der Waals surface area contributed by atoms with Crippen molar-refractivity contribution in [3.8, 4) is 5.75 Å². The van der Waals surface area contributed by atoms with Crippen LogP contribution in [0.2, 0.25) is 10.0 Å². The molecule has 1 rings (SSSR count). The minimum Gasteiger partial charge on any atom is -0.505 e. The molecular formula is C7H6Cl2N2O2. The van der Waals surface area contributed by atoms with Gasteiger partial charge < -0.3 is 5.11 Å². The van der Waals surface area contributed by atoms with E-state index in [4.69, 9.17) is 34.2 Å². The fourth-order valence-corrected chi connectivity index (χ4v) is 1.27. The number of halogens is 2. The Balaban J connectivity index is 3.20. The molecule has 0 bridgehead atoms. The van der Waals surface area contributed by atoms with Crippen LogP contribution in [0.5, 0.6) is 5.75 Å². The van der Waals surface area contributed by atoms with Gasteiger partial charge in [-0.25, -0.2) is 5.84 Å². The number of carbonyl (C=O) groups excluding carboxylic acids is 1. The number of carbonyl (C=O) groups is 1. The molecule has 4 N–H and O–H groups in total. The number of benzene rings is 1. The predicted molar refractivity (Wildman–Crippen MR) is 49.8 cm³/mol. The molecule has 1 aromatic rings. The van der Waals surface area contributed by atoms with E-state index >= 15 is 0 Å². The summed E-state index contributed by atoms with van der Waals surface area (Å²) in [5.74, 6) is 4.12. The molecule has 0 saturated carbocycles. The molecule has 0 aromatic heterocycles. The van der Waals surface area contributed by atoms with Crippen LogP contribution in [0.4, 0.5) is 0 Å². The van der Waals surface area contributed by atoms with E-state index in [2.05, 4.69) is 0 Å². The maximum absolute atomic E-state index is 11.0. The first-order valence-electron chi connectivity index (χ1n) is 3.25. The van der Waals surface area contributed by atoms with Crippen molar-refractivity contribution in [3.05, 3.63) is 27.7 Å². The van der Waals surface area contributed by atoms with Gasteiger partial charge in [-0.3, -0.25) is 10.2 Å². The molecule has 0 aliphatic rings. The topological polar surface area (TPSA) is 75.3 Å². The molecule has 0 radical (unpaired) electrons. The second kappa shape index (κ2) is 3.83. The number of phenolic OH excluding ortho intramolecular Hbond substituents is 1. The van der Waals surface area contributed by atoms with Crippen LogP contribution in [0, 0.1) is 0 Å². The van der Waals surface area contributed by atoms with E-state index in [-0.39, 0.29) is 21.4 Å². The molecule has 6 heteroatoms. The monoisotopic (exact) mass is 220 g/mol. The normalized spacial score (nSPS) is 9.77. The molecule has 0 saturated heterocycles. The van der Waals surface area contributed by atoms with E-state index in [0.717, 1.165) is 0 Å². The number of phenols is 1. The molecule has 0 atom stereocenters. The van der Waals surface area contributed by atoms with Gasteiger partial charge in [0, 0.05) is 5.56 Å². The lowest BCUT2D eigenvalue weighted by Gasteiger charge is -2.03. The Labute approximate surface area is 84.2 Å². The average Bonchev–Trinajstić information content (AvgIpc) is 2.12. The molecule has 70 valence electrons. The molecule has 1 aromatic carbocycles. The smallest absolute Gasteiger partial charge is 0.265 e. The lowest BCUT2D eigenvalue weighted by molar-refractivity contribution is 0.0953. The number of nitrogens with one attached hydrogen (secondary N) is 1. The molecular weight excluding hydrogens is 215 g/mol. The van der Waals surface area contributed by atoms with Crippen molar-refractivity contribution in [2.45, 2.75) is 0 Å². The average molecular weight is 221 g/mol. The number of amides is 1. The van der Waals surface area contributed by atoms with Crippen LogP contribution < -0.4 is 11.3 Å². The van der Waals surface area contributed by atoms with Crippen molar-refractivity contribution in [2.24, 2.45) is 5.84 Å². The van der Waals surface area contributed by atoms with Crippen LogP contribution >= 0.6 is 23.2 Å². The molecule has 0 aliphatic carbocycles. The van der Waals surface area contributed by atoms with Crippen molar-refractivity contribution < 1.29 is 9.90 Å². The SMILES string of the molecule is NNC(=O)c1cc(Cl)c(O)c(Cl)c1. The van der Waals surface area contributed by atoms with Crippen LogP contribution in [0.3, 0.4) is 0 Å². The highest BCUT2D eigenvalue weighted by atomic mass is 35.5. The van der Waals surface area contributed by atoms with Gasteiger partial charge in [0.15, 0.2) is 5.75 Å². The Morgan fingerprint density at radius 1 is 1.38 bits per heavy atom. The molecule has 4 nitrogen and oxygen atoms in total. The van der Waals surface area contributed by atoms with Crippen molar-refractivity contribution in [3.63, 3.8) is 0 Å². The predicted octanol–water partition coefficient (Wildman–Crippen LogP) is 1.30. The van der Waals surface area contributed by atoms with Gasteiger partial charge >= 0.3 is 0 Å². The van der Waals surface area contributed by atoms with Crippen molar-refractivity contribution in [1.29, 1.82) is 0 Å². The largest absolute Gasteiger partial charge is 0.505 e. The van der Waals surface area contributed by atoms with Crippen LogP contribution in [0.15, 0.2) is 12.1 Å². The van der Waals surface area contributed by atoms with Gasteiger partial charge in [-0.2, -0.15) is 0 Å². The Morgan fingerprint density at radius 3 is 2.23 bits per heavy atom. The Kier molecular flexibility index (Phi) is 2.98. The summed E-state index contributed by atoms with van der Waals surface area (Å²) in [7, 11) is 0. The third-order valence-electron chi connectivity index (χ3n) is 1.41. The first-order chi connectivity index (χ1) is 6.06. The van der Waals surface area contributed by atoms with Gasteiger partial charge in [0.05, 0.1) is 10.0 Å².